The highest BCUT2D eigenvalue weighted by molar-refractivity contribution is 5.76. The molecule has 0 saturated carbocycles. The van der Waals surface area contributed by atoms with E-state index in [-0.39, 0.29) is 0 Å². The summed E-state index contributed by atoms with van der Waals surface area (Å²) in [4.78, 5) is 20.2. The molecule has 0 atom stereocenters. The quantitative estimate of drug-likeness (QED) is 0.400. The topological polar surface area (TPSA) is 87.7 Å². The Morgan fingerprint density at radius 3 is 2.29 bits per heavy atom. The lowest BCUT2D eigenvalue weighted by Gasteiger charge is -2.04. The molecule has 2 amide bonds. The summed E-state index contributed by atoms with van der Waals surface area (Å²) in [5, 5.41) is 13.2. The van der Waals surface area contributed by atoms with E-state index >= 15 is 0 Å². The van der Waals surface area contributed by atoms with Crippen LogP contribution in [0.4, 0.5) is 0 Å². The van der Waals surface area contributed by atoms with E-state index in [1.54, 1.807) is 0 Å². The van der Waals surface area contributed by atoms with Crippen molar-refractivity contribution in [2.45, 2.75) is 20.8 Å². The Morgan fingerprint density at radius 2 is 1.82 bits per heavy atom. The van der Waals surface area contributed by atoms with Crippen molar-refractivity contribution in [3.8, 4) is 0 Å². The minimum Gasteiger partial charge on any atom is -0.387 e. The van der Waals surface area contributed by atoms with E-state index in [0.717, 1.165) is 5.92 Å². The summed E-state index contributed by atoms with van der Waals surface area (Å²) in [6.45, 7) is 7.59. The minimum absolute atomic E-state index is 0.362. The Morgan fingerprint density at radius 1 is 1.29 bits per heavy atom. The van der Waals surface area contributed by atoms with Crippen LogP contribution >= 0.6 is 0 Å². The van der Waals surface area contributed by atoms with Crippen molar-refractivity contribution >= 4 is 12.3 Å². The van der Waals surface area contributed by atoms with Gasteiger partial charge >= 0.3 is 0 Å². The van der Waals surface area contributed by atoms with Crippen molar-refractivity contribution < 1.29 is 19.4 Å². The molecule has 0 radical (unpaired) electrons. The van der Waals surface area contributed by atoms with Gasteiger partial charge in [-0.2, -0.15) is 0 Å². The SMILES string of the molecule is CC(C)C.O=CNCCOCCNC(=O)CO. The van der Waals surface area contributed by atoms with Gasteiger partial charge in [0.2, 0.25) is 12.3 Å². The van der Waals surface area contributed by atoms with E-state index in [1.807, 2.05) is 0 Å². The smallest absolute Gasteiger partial charge is 0.245 e. The van der Waals surface area contributed by atoms with Crippen LogP contribution in [0.25, 0.3) is 0 Å². The Hall–Kier alpha value is -1.14. The van der Waals surface area contributed by atoms with Crippen molar-refractivity contribution in [1.29, 1.82) is 0 Å². The van der Waals surface area contributed by atoms with E-state index in [9.17, 15) is 9.59 Å². The van der Waals surface area contributed by atoms with Gasteiger partial charge in [0.25, 0.3) is 0 Å². The lowest BCUT2D eigenvalue weighted by molar-refractivity contribution is -0.124. The van der Waals surface area contributed by atoms with Crippen LogP contribution in [0.3, 0.4) is 0 Å². The van der Waals surface area contributed by atoms with Crippen LogP contribution in [-0.2, 0) is 14.3 Å². The third-order valence-corrected chi connectivity index (χ3v) is 1.19. The molecule has 0 saturated heterocycles. The number of hydrogen-bond donors (Lipinski definition) is 3. The first-order valence-electron chi connectivity index (χ1n) is 5.66. The second-order valence-electron chi connectivity index (χ2n) is 3.92. The molecule has 0 bridgehead atoms. The fraction of sp³-hybridized carbons (Fsp3) is 0.818. The molecule has 102 valence electrons. The second kappa shape index (κ2) is 14.9. The predicted octanol–water partition coefficient (Wildman–Crippen LogP) is -0.480. The van der Waals surface area contributed by atoms with E-state index < -0.39 is 12.5 Å². The summed E-state index contributed by atoms with van der Waals surface area (Å²) in [5.41, 5.74) is 0. The number of aliphatic hydroxyl groups excluding tert-OH is 1. The molecule has 0 aromatic carbocycles. The van der Waals surface area contributed by atoms with Gasteiger partial charge in [-0.25, -0.2) is 0 Å². The molecule has 0 aliphatic heterocycles. The van der Waals surface area contributed by atoms with Gasteiger partial charge in [0.1, 0.15) is 6.61 Å². The highest BCUT2D eigenvalue weighted by Crippen LogP contribution is 1.81. The normalized spacial score (nSPS) is 9.24. The predicted molar refractivity (Wildman–Crippen MR) is 65.5 cm³/mol. The number of nitrogens with one attached hydrogen (secondary N) is 2. The summed E-state index contributed by atoms with van der Waals surface area (Å²) < 4.78 is 5.01. The lowest BCUT2D eigenvalue weighted by Crippen LogP contribution is -2.30. The Bertz CT molecular complexity index is 184. The third-order valence-electron chi connectivity index (χ3n) is 1.19. The summed E-state index contributed by atoms with van der Waals surface area (Å²) >= 11 is 0. The molecule has 0 aliphatic rings. The van der Waals surface area contributed by atoms with Gasteiger partial charge in [-0.3, -0.25) is 9.59 Å². The molecule has 0 aliphatic carbocycles. The summed E-state index contributed by atoms with van der Waals surface area (Å²) in [5.74, 6) is 0.412. The van der Waals surface area contributed by atoms with E-state index in [2.05, 4.69) is 31.4 Å². The molecule has 0 spiro atoms. The molecular formula is C11H24N2O4. The maximum atomic E-state index is 10.5. The van der Waals surface area contributed by atoms with Gasteiger partial charge in [-0.1, -0.05) is 20.8 Å². The highest BCUT2D eigenvalue weighted by Gasteiger charge is 1.95. The van der Waals surface area contributed by atoms with Crippen molar-refractivity contribution in [3.05, 3.63) is 0 Å². The first kappa shape index (κ1) is 18.2. The van der Waals surface area contributed by atoms with Crippen LogP contribution in [0.5, 0.6) is 0 Å². The average Bonchev–Trinajstić information content (AvgIpc) is 2.26. The molecule has 0 aromatic heterocycles. The molecule has 6 nitrogen and oxygen atoms in total. The molecule has 0 fully saturated rings. The zero-order valence-corrected chi connectivity index (χ0v) is 10.9. The van der Waals surface area contributed by atoms with Crippen molar-refractivity contribution in [1.82, 2.24) is 10.6 Å². The van der Waals surface area contributed by atoms with Crippen LogP contribution in [0.1, 0.15) is 20.8 Å². The lowest BCUT2D eigenvalue weighted by atomic mass is 10.3. The summed E-state index contributed by atoms with van der Waals surface area (Å²) in [7, 11) is 0. The number of hydrogen-bond acceptors (Lipinski definition) is 4. The number of rotatable bonds is 8. The molecule has 6 heteroatoms. The fourth-order valence-electron chi connectivity index (χ4n) is 0.611. The molecule has 0 heterocycles. The largest absolute Gasteiger partial charge is 0.387 e. The first-order chi connectivity index (χ1) is 8.04. The van der Waals surface area contributed by atoms with Crippen LogP contribution in [0, 0.1) is 5.92 Å². The monoisotopic (exact) mass is 248 g/mol. The number of amides is 2. The van der Waals surface area contributed by atoms with Gasteiger partial charge in [-0.05, 0) is 5.92 Å². The maximum absolute atomic E-state index is 10.5. The molecule has 0 unspecified atom stereocenters. The third kappa shape index (κ3) is 25.3. The Kier molecular flexibility index (Phi) is 15.9. The fourth-order valence-corrected chi connectivity index (χ4v) is 0.611. The minimum atomic E-state index is -0.507. The van der Waals surface area contributed by atoms with Gasteiger partial charge in [0, 0.05) is 13.1 Å². The maximum Gasteiger partial charge on any atom is 0.245 e. The number of carbonyl (C=O) groups excluding carboxylic acids is 2. The molecule has 0 aromatic rings. The van der Waals surface area contributed by atoms with Crippen molar-refractivity contribution in [2.24, 2.45) is 5.92 Å². The summed E-state index contributed by atoms with van der Waals surface area (Å²) in [6.07, 6.45) is 0.594. The van der Waals surface area contributed by atoms with Crippen molar-refractivity contribution in [3.63, 3.8) is 0 Å². The van der Waals surface area contributed by atoms with E-state index in [4.69, 9.17) is 9.84 Å². The second-order valence-corrected chi connectivity index (χ2v) is 3.92. The van der Waals surface area contributed by atoms with Gasteiger partial charge in [0.15, 0.2) is 0 Å². The van der Waals surface area contributed by atoms with Gasteiger partial charge in [0.05, 0.1) is 13.2 Å². The van der Waals surface area contributed by atoms with Crippen LogP contribution in [0.2, 0.25) is 0 Å². The molecule has 0 rings (SSSR count). The zero-order valence-electron chi connectivity index (χ0n) is 10.9. The first-order valence-corrected chi connectivity index (χ1v) is 5.66. The van der Waals surface area contributed by atoms with Gasteiger partial charge in [-0.15, -0.1) is 0 Å². The Labute approximate surface area is 103 Å². The van der Waals surface area contributed by atoms with E-state index in [0.29, 0.717) is 32.7 Å². The molecule has 3 N–H and O–H groups in total. The summed E-state index contributed by atoms with van der Waals surface area (Å²) in [6, 6.07) is 0. The Balaban J connectivity index is 0. The van der Waals surface area contributed by atoms with Crippen LogP contribution < -0.4 is 10.6 Å². The van der Waals surface area contributed by atoms with E-state index in [1.165, 1.54) is 0 Å². The number of ether oxygens (including phenoxy) is 1. The standard InChI is InChI=1S/C7H14N2O4.C4H10/c10-5-7(12)9-2-4-13-3-1-8-6-11;1-4(2)3/h6,10H,1-5H2,(H,8,11)(H,9,12);4H,1-3H3. The number of carbonyl (C=O) groups is 2. The van der Waals surface area contributed by atoms with Crippen LogP contribution in [-0.4, -0.2) is 50.3 Å². The average molecular weight is 248 g/mol. The molecule has 17 heavy (non-hydrogen) atoms. The molecular weight excluding hydrogens is 224 g/mol. The van der Waals surface area contributed by atoms with Gasteiger partial charge < -0.3 is 20.5 Å². The van der Waals surface area contributed by atoms with Crippen molar-refractivity contribution in [2.75, 3.05) is 32.9 Å². The number of aliphatic hydroxyl groups is 1. The highest BCUT2D eigenvalue weighted by atomic mass is 16.5. The van der Waals surface area contributed by atoms with Crippen LogP contribution in [0.15, 0.2) is 0 Å². The zero-order chi connectivity index (χ0) is 13.5.